The van der Waals surface area contributed by atoms with Crippen LogP contribution in [-0.2, 0) is 4.79 Å². The van der Waals surface area contributed by atoms with Gasteiger partial charge in [-0.3, -0.25) is 9.69 Å². The predicted octanol–water partition coefficient (Wildman–Crippen LogP) is 4.91. The molecule has 3 aromatic rings. The zero-order valence-electron chi connectivity index (χ0n) is 18.4. The number of carbonyl (C=O) groups is 2. The third-order valence-corrected chi connectivity index (χ3v) is 6.12. The zero-order valence-corrected chi connectivity index (χ0v) is 19.1. The molecule has 170 valence electrons. The molecule has 0 aliphatic carbocycles. The van der Waals surface area contributed by atoms with E-state index in [2.05, 4.69) is 39.4 Å². The fraction of sp³-hybridized carbons (Fsp3) is 0.231. The van der Waals surface area contributed by atoms with Crippen LogP contribution in [0.4, 0.5) is 11.4 Å². The van der Waals surface area contributed by atoms with Crippen molar-refractivity contribution in [1.82, 2.24) is 4.90 Å². The Bertz CT molecular complexity index is 1130. The van der Waals surface area contributed by atoms with Crippen molar-refractivity contribution in [3.63, 3.8) is 0 Å². The summed E-state index contributed by atoms with van der Waals surface area (Å²) in [7, 11) is 0. The van der Waals surface area contributed by atoms with E-state index in [0.29, 0.717) is 29.5 Å². The molecule has 1 saturated heterocycles. The Morgan fingerprint density at radius 3 is 2.15 bits per heavy atom. The number of carbonyl (C=O) groups excluding carboxylic acids is 1. The van der Waals surface area contributed by atoms with E-state index in [1.807, 2.05) is 30.3 Å². The molecule has 0 bridgehead atoms. The number of anilines is 2. The van der Waals surface area contributed by atoms with E-state index < -0.39 is 5.97 Å². The molecule has 1 aliphatic rings. The molecule has 1 atom stereocenters. The highest BCUT2D eigenvalue weighted by Crippen LogP contribution is 2.32. The Kier molecular flexibility index (Phi) is 6.96. The van der Waals surface area contributed by atoms with Crippen molar-refractivity contribution in [2.75, 3.05) is 36.4 Å². The number of aromatic carboxylic acids is 1. The van der Waals surface area contributed by atoms with Crippen LogP contribution in [0.25, 0.3) is 0 Å². The smallest absolute Gasteiger partial charge is 0.337 e. The van der Waals surface area contributed by atoms with E-state index in [-0.39, 0.29) is 17.5 Å². The monoisotopic (exact) mass is 463 g/mol. The first-order valence-electron chi connectivity index (χ1n) is 10.9. The first kappa shape index (κ1) is 22.8. The second-order valence-electron chi connectivity index (χ2n) is 8.11. The summed E-state index contributed by atoms with van der Waals surface area (Å²) in [4.78, 5) is 27.8. The lowest BCUT2D eigenvalue weighted by molar-refractivity contribution is -0.114. The number of piperazine rings is 1. The lowest BCUT2D eigenvalue weighted by atomic mass is 9.96. The number of carboxylic acid groups (broad SMARTS) is 1. The number of halogens is 1. The van der Waals surface area contributed by atoms with Crippen LogP contribution in [0.2, 0.25) is 5.02 Å². The standard InChI is InChI=1S/C26H26ClN3O3/c1-18(31)28-22-11-12-24(23(17-22)26(32)33)29-13-15-30(16-14-29)25(19-5-3-2-4-6-19)20-7-9-21(27)10-8-20/h2-12,17,25H,13-16H2,1H3,(H,28,31)(H,32,33)/t25-/m0/s1. The quantitative estimate of drug-likeness (QED) is 0.543. The fourth-order valence-corrected chi connectivity index (χ4v) is 4.51. The first-order chi connectivity index (χ1) is 15.9. The lowest BCUT2D eigenvalue weighted by Gasteiger charge is -2.41. The molecule has 0 radical (unpaired) electrons. The van der Waals surface area contributed by atoms with Crippen molar-refractivity contribution >= 4 is 34.9 Å². The van der Waals surface area contributed by atoms with Gasteiger partial charge < -0.3 is 15.3 Å². The summed E-state index contributed by atoms with van der Waals surface area (Å²) >= 11 is 6.12. The number of amides is 1. The van der Waals surface area contributed by atoms with Crippen molar-refractivity contribution < 1.29 is 14.7 Å². The minimum atomic E-state index is -1.01. The van der Waals surface area contributed by atoms with Crippen molar-refractivity contribution in [3.8, 4) is 0 Å². The van der Waals surface area contributed by atoms with Crippen LogP contribution in [0.15, 0.2) is 72.8 Å². The highest BCUT2D eigenvalue weighted by molar-refractivity contribution is 6.30. The topological polar surface area (TPSA) is 72.9 Å². The molecule has 4 rings (SSSR count). The van der Waals surface area contributed by atoms with E-state index in [1.54, 1.807) is 12.1 Å². The molecule has 33 heavy (non-hydrogen) atoms. The van der Waals surface area contributed by atoms with Crippen LogP contribution in [-0.4, -0.2) is 48.1 Å². The zero-order chi connectivity index (χ0) is 23.4. The van der Waals surface area contributed by atoms with Gasteiger partial charge in [0.1, 0.15) is 0 Å². The molecule has 0 saturated carbocycles. The van der Waals surface area contributed by atoms with Crippen molar-refractivity contribution in [1.29, 1.82) is 0 Å². The molecule has 3 aromatic carbocycles. The van der Waals surface area contributed by atoms with Gasteiger partial charge in [-0.1, -0.05) is 54.1 Å². The second-order valence-corrected chi connectivity index (χ2v) is 8.54. The van der Waals surface area contributed by atoms with E-state index in [4.69, 9.17) is 11.6 Å². The predicted molar refractivity (Wildman–Crippen MR) is 131 cm³/mol. The van der Waals surface area contributed by atoms with E-state index in [9.17, 15) is 14.7 Å². The minimum absolute atomic E-state index is 0.0895. The average molecular weight is 464 g/mol. The van der Waals surface area contributed by atoms with Crippen LogP contribution >= 0.6 is 11.6 Å². The van der Waals surface area contributed by atoms with Gasteiger partial charge in [0.05, 0.1) is 17.3 Å². The third kappa shape index (κ3) is 5.35. The molecular formula is C26H26ClN3O3. The highest BCUT2D eigenvalue weighted by Gasteiger charge is 2.28. The number of rotatable bonds is 6. The molecule has 0 aromatic heterocycles. The Balaban J connectivity index is 1.56. The maximum Gasteiger partial charge on any atom is 0.337 e. The molecule has 0 spiro atoms. The summed E-state index contributed by atoms with van der Waals surface area (Å²) in [6.07, 6.45) is 0. The van der Waals surface area contributed by atoms with Crippen molar-refractivity contribution in [2.24, 2.45) is 0 Å². The molecule has 7 heteroatoms. The van der Waals surface area contributed by atoms with Gasteiger partial charge in [0.2, 0.25) is 5.91 Å². The van der Waals surface area contributed by atoms with Gasteiger partial charge in [-0.05, 0) is 41.5 Å². The number of carboxylic acids is 1. The summed E-state index contributed by atoms with van der Waals surface area (Å²) in [5, 5.41) is 13.1. The average Bonchev–Trinajstić information content (AvgIpc) is 2.81. The van der Waals surface area contributed by atoms with Gasteiger partial charge in [0, 0.05) is 43.8 Å². The van der Waals surface area contributed by atoms with Crippen LogP contribution < -0.4 is 10.2 Å². The number of nitrogens with zero attached hydrogens (tertiary/aromatic N) is 2. The number of hydrogen-bond acceptors (Lipinski definition) is 4. The van der Waals surface area contributed by atoms with E-state index in [1.165, 1.54) is 24.1 Å². The Morgan fingerprint density at radius 2 is 1.55 bits per heavy atom. The fourth-order valence-electron chi connectivity index (χ4n) is 4.38. The van der Waals surface area contributed by atoms with Crippen LogP contribution in [0.5, 0.6) is 0 Å². The van der Waals surface area contributed by atoms with E-state index >= 15 is 0 Å². The maximum atomic E-state index is 11.9. The normalized spacial score (nSPS) is 15.2. The van der Waals surface area contributed by atoms with Gasteiger partial charge in [-0.2, -0.15) is 0 Å². The van der Waals surface area contributed by atoms with Crippen LogP contribution in [0, 0.1) is 0 Å². The van der Waals surface area contributed by atoms with Crippen molar-refractivity contribution in [2.45, 2.75) is 13.0 Å². The molecule has 1 amide bonds. The Hall–Kier alpha value is -3.35. The molecule has 1 aliphatic heterocycles. The van der Waals surface area contributed by atoms with Gasteiger partial charge in [0.25, 0.3) is 0 Å². The summed E-state index contributed by atoms with van der Waals surface area (Å²) in [5.74, 6) is -1.25. The van der Waals surface area contributed by atoms with Gasteiger partial charge in [-0.25, -0.2) is 4.79 Å². The minimum Gasteiger partial charge on any atom is -0.478 e. The first-order valence-corrected chi connectivity index (χ1v) is 11.2. The maximum absolute atomic E-state index is 11.9. The third-order valence-electron chi connectivity index (χ3n) is 5.87. The number of nitrogens with one attached hydrogen (secondary N) is 1. The molecule has 2 N–H and O–H groups in total. The molecule has 1 heterocycles. The lowest BCUT2D eigenvalue weighted by Crippen LogP contribution is -2.48. The summed E-state index contributed by atoms with van der Waals surface area (Å²) in [6, 6.07) is 23.5. The van der Waals surface area contributed by atoms with Crippen LogP contribution in [0.1, 0.15) is 34.5 Å². The molecular weight excluding hydrogens is 438 g/mol. The molecule has 1 fully saturated rings. The largest absolute Gasteiger partial charge is 0.478 e. The Labute approximate surface area is 198 Å². The Morgan fingerprint density at radius 1 is 0.909 bits per heavy atom. The second kappa shape index (κ2) is 10.1. The van der Waals surface area contributed by atoms with Gasteiger partial charge in [-0.15, -0.1) is 0 Å². The van der Waals surface area contributed by atoms with Gasteiger partial charge >= 0.3 is 5.97 Å². The summed E-state index contributed by atoms with van der Waals surface area (Å²) in [5.41, 5.74) is 3.71. The summed E-state index contributed by atoms with van der Waals surface area (Å²) in [6.45, 7) is 4.33. The van der Waals surface area contributed by atoms with Crippen molar-refractivity contribution in [3.05, 3.63) is 94.5 Å². The number of hydrogen-bond donors (Lipinski definition) is 2. The highest BCUT2D eigenvalue weighted by atomic mass is 35.5. The SMILES string of the molecule is CC(=O)Nc1ccc(N2CCN([C@@H](c3ccccc3)c3ccc(Cl)cc3)CC2)c(C(=O)O)c1. The van der Waals surface area contributed by atoms with E-state index in [0.717, 1.165) is 13.1 Å². The number of benzene rings is 3. The van der Waals surface area contributed by atoms with Crippen LogP contribution in [0.3, 0.4) is 0 Å². The molecule has 0 unspecified atom stereocenters. The summed E-state index contributed by atoms with van der Waals surface area (Å²) < 4.78 is 0. The molecule has 6 nitrogen and oxygen atoms in total. The van der Waals surface area contributed by atoms with Gasteiger partial charge in [0.15, 0.2) is 0 Å².